The third kappa shape index (κ3) is 4.70. The number of pyridine rings is 1. The number of imidazole rings is 1. The Hall–Kier alpha value is -4.81. The first-order chi connectivity index (χ1) is 17.6. The third-order valence-electron chi connectivity index (χ3n) is 5.54. The number of nitrogens with one attached hydrogen (secondary N) is 1. The topological polar surface area (TPSA) is 101 Å². The number of halogens is 5. The van der Waals surface area contributed by atoms with Crippen LogP contribution in [0.1, 0.15) is 11.1 Å². The van der Waals surface area contributed by atoms with E-state index in [2.05, 4.69) is 20.1 Å². The summed E-state index contributed by atoms with van der Waals surface area (Å²) in [7, 11) is 0. The first kappa shape index (κ1) is 23.9. The van der Waals surface area contributed by atoms with E-state index in [4.69, 9.17) is 0 Å². The van der Waals surface area contributed by atoms with E-state index in [9.17, 15) is 32.1 Å². The van der Waals surface area contributed by atoms with Gasteiger partial charge in [0.2, 0.25) is 12.7 Å². The van der Waals surface area contributed by atoms with Gasteiger partial charge in [0.15, 0.2) is 11.6 Å². The number of rotatable bonds is 5. The highest BCUT2D eigenvalue weighted by Gasteiger charge is 2.33. The smallest absolute Gasteiger partial charge is 0.333 e. The predicted molar refractivity (Wildman–Crippen MR) is 120 cm³/mol. The Morgan fingerprint density at radius 2 is 1.84 bits per heavy atom. The lowest BCUT2D eigenvalue weighted by Gasteiger charge is -2.08. The van der Waals surface area contributed by atoms with Crippen LogP contribution in [0.25, 0.3) is 33.7 Å². The zero-order valence-corrected chi connectivity index (χ0v) is 18.5. The van der Waals surface area contributed by atoms with Crippen molar-refractivity contribution in [2.45, 2.75) is 12.7 Å². The van der Waals surface area contributed by atoms with Gasteiger partial charge in [0.25, 0.3) is 5.69 Å². The Balaban J connectivity index is 1.40. The Morgan fingerprint density at radius 1 is 1.03 bits per heavy atom. The molecule has 5 rings (SSSR count). The van der Waals surface area contributed by atoms with Gasteiger partial charge in [-0.3, -0.25) is 15.1 Å². The number of nitrogens with zero attached hydrogens (tertiary/aromatic N) is 5. The van der Waals surface area contributed by atoms with Crippen LogP contribution in [0.15, 0.2) is 67.1 Å². The molecule has 186 valence electrons. The molecule has 0 unspecified atom stereocenters. The van der Waals surface area contributed by atoms with E-state index in [0.717, 1.165) is 18.2 Å². The number of hydrogen-bond acceptors (Lipinski definition) is 5. The highest BCUT2D eigenvalue weighted by Crippen LogP contribution is 2.36. The maximum absolute atomic E-state index is 14.1. The lowest BCUT2D eigenvalue weighted by Crippen LogP contribution is -2.37. The molecule has 0 saturated heterocycles. The molecule has 5 aromatic rings. The van der Waals surface area contributed by atoms with E-state index in [1.807, 2.05) is 0 Å². The van der Waals surface area contributed by atoms with Crippen molar-refractivity contribution in [3.8, 4) is 22.6 Å². The molecule has 0 aliphatic carbocycles. The second kappa shape index (κ2) is 9.00. The van der Waals surface area contributed by atoms with Crippen molar-refractivity contribution in [3.63, 3.8) is 0 Å². The number of hydrogen-bond donors (Lipinski definition) is 1. The van der Waals surface area contributed by atoms with Crippen LogP contribution in [0.4, 0.5) is 27.6 Å². The molecule has 2 aromatic carbocycles. The van der Waals surface area contributed by atoms with E-state index in [-0.39, 0.29) is 29.2 Å². The molecule has 0 spiro atoms. The van der Waals surface area contributed by atoms with Crippen LogP contribution in [-0.4, -0.2) is 25.0 Å². The fourth-order valence-electron chi connectivity index (χ4n) is 3.75. The van der Waals surface area contributed by atoms with Crippen LogP contribution in [-0.2, 0) is 12.7 Å². The molecule has 0 fully saturated rings. The molecule has 0 aliphatic heterocycles. The van der Waals surface area contributed by atoms with Gasteiger partial charge in [-0.2, -0.15) is 13.2 Å². The van der Waals surface area contributed by atoms with Crippen molar-refractivity contribution >= 4 is 16.7 Å². The number of nitro benzene ring substituents is 1. The highest BCUT2D eigenvalue weighted by atomic mass is 19.4. The van der Waals surface area contributed by atoms with Crippen molar-refractivity contribution in [1.29, 1.82) is 0 Å². The van der Waals surface area contributed by atoms with Crippen LogP contribution < -0.4 is 4.68 Å². The van der Waals surface area contributed by atoms with Gasteiger partial charge >= 0.3 is 6.18 Å². The normalized spacial score (nSPS) is 11.7. The first-order valence-electron chi connectivity index (χ1n) is 10.6. The van der Waals surface area contributed by atoms with Crippen LogP contribution in [0, 0.1) is 21.7 Å². The van der Waals surface area contributed by atoms with Crippen LogP contribution in [0.5, 0.6) is 0 Å². The Labute approximate surface area is 204 Å². The van der Waals surface area contributed by atoms with E-state index in [1.54, 1.807) is 12.3 Å². The molecular formula is C24H14F5N6O2+. The average Bonchev–Trinajstić information content (AvgIpc) is 3.28. The van der Waals surface area contributed by atoms with Gasteiger partial charge in [-0.1, -0.05) is 10.7 Å². The number of fused-ring (bicyclic) bond motifs is 1. The van der Waals surface area contributed by atoms with Crippen LogP contribution >= 0.6 is 0 Å². The van der Waals surface area contributed by atoms with Crippen molar-refractivity contribution in [3.05, 3.63) is 100.0 Å². The van der Waals surface area contributed by atoms with Crippen molar-refractivity contribution < 1.29 is 31.6 Å². The van der Waals surface area contributed by atoms with Crippen molar-refractivity contribution in [2.24, 2.45) is 0 Å². The Morgan fingerprint density at radius 3 is 2.54 bits per heavy atom. The van der Waals surface area contributed by atoms with E-state index in [0.29, 0.717) is 22.7 Å². The summed E-state index contributed by atoms with van der Waals surface area (Å²) in [5.74, 6) is -1.89. The number of aromatic amines is 1. The maximum Gasteiger partial charge on any atom is 0.416 e. The third-order valence-corrected chi connectivity index (χ3v) is 5.54. The number of H-pyrrole nitrogens is 1. The standard InChI is InChI=1S/C24H13F5N6O2/c25-17-3-1-2-16(22(17)26)23-32-19-10-31-34(12-20(19)33-23)11-13-4-7-18(30-9-13)15-6-5-14(24(27,28)29)8-21(15)35(36)37/h1-10,12H,11H2/p+1. The summed E-state index contributed by atoms with van der Waals surface area (Å²) in [6.45, 7) is 0.223. The minimum absolute atomic E-state index is 0.0279. The van der Waals surface area contributed by atoms with E-state index in [1.165, 1.54) is 35.3 Å². The van der Waals surface area contributed by atoms with Gasteiger partial charge in [-0.25, -0.2) is 13.8 Å². The summed E-state index contributed by atoms with van der Waals surface area (Å²) in [6.07, 6.45) is -0.236. The lowest BCUT2D eigenvalue weighted by atomic mass is 10.0. The molecule has 0 radical (unpaired) electrons. The highest BCUT2D eigenvalue weighted by molar-refractivity contribution is 5.77. The SMILES string of the molecule is O=[N+]([O-])c1cc(C(F)(F)F)ccc1-c1ccc(C[n+]2cc3[nH]c(-c4cccc(F)c4F)nc3cn2)cn1. The average molecular weight is 513 g/mol. The maximum atomic E-state index is 14.1. The molecule has 13 heteroatoms. The van der Waals surface area contributed by atoms with Crippen molar-refractivity contribution in [1.82, 2.24) is 20.1 Å². The summed E-state index contributed by atoms with van der Waals surface area (Å²) < 4.78 is 68.1. The zero-order chi connectivity index (χ0) is 26.3. The second-order valence-electron chi connectivity index (χ2n) is 8.00. The monoisotopic (exact) mass is 513 g/mol. The minimum Gasteiger partial charge on any atom is -0.333 e. The number of alkyl halides is 3. The van der Waals surface area contributed by atoms with E-state index < -0.39 is 34.0 Å². The molecular weight excluding hydrogens is 499 g/mol. The fourth-order valence-corrected chi connectivity index (χ4v) is 3.75. The molecule has 0 saturated carbocycles. The number of nitro groups is 1. The van der Waals surface area contributed by atoms with Crippen LogP contribution in [0.2, 0.25) is 0 Å². The summed E-state index contributed by atoms with van der Waals surface area (Å²) in [4.78, 5) is 21.8. The Kier molecular flexibility index (Phi) is 5.82. The molecule has 0 atom stereocenters. The molecule has 8 nitrogen and oxygen atoms in total. The van der Waals surface area contributed by atoms with Gasteiger partial charge in [-0.05, 0) is 41.5 Å². The van der Waals surface area contributed by atoms with E-state index >= 15 is 0 Å². The largest absolute Gasteiger partial charge is 0.416 e. The molecule has 0 amide bonds. The van der Waals surface area contributed by atoms with Crippen LogP contribution in [0.3, 0.4) is 0 Å². The Bertz CT molecular complexity index is 1650. The molecule has 0 bridgehead atoms. The van der Waals surface area contributed by atoms with Gasteiger partial charge < -0.3 is 4.98 Å². The predicted octanol–water partition coefficient (Wildman–Crippen LogP) is 5.23. The van der Waals surface area contributed by atoms with Gasteiger partial charge in [0.05, 0.1) is 27.3 Å². The van der Waals surface area contributed by atoms with Crippen molar-refractivity contribution in [2.75, 3.05) is 0 Å². The lowest BCUT2D eigenvalue weighted by molar-refractivity contribution is -0.745. The first-order valence-corrected chi connectivity index (χ1v) is 10.6. The quantitative estimate of drug-likeness (QED) is 0.150. The molecule has 3 heterocycles. The molecule has 3 aromatic heterocycles. The minimum atomic E-state index is -4.72. The molecule has 0 aliphatic rings. The fraction of sp³-hybridized carbons (Fsp3) is 0.0833. The summed E-state index contributed by atoms with van der Waals surface area (Å²) >= 11 is 0. The zero-order valence-electron chi connectivity index (χ0n) is 18.5. The van der Waals surface area contributed by atoms with Gasteiger partial charge in [0.1, 0.15) is 23.1 Å². The number of benzene rings is 2. The second-order valence-corrected chi connectivity index (χ2v) is 8.00. The molecule has 1 N–H and O–H groups in total. The van der Waals surface area contributed by atoms with Gasteiger partial charge in [-0.15, -0.1) is 0 Å². The number of aromatic nitrogens is 5. The summed E-state index contributed by atoms with van der Waals surface area (Å²) in [5, 5.41) is 15.6. The summed E-state index contributed by atoms with van der Waals surface area (Å²) in [6, 6.07) is 9.11. The summed E-state index contributed by atoms with van der Waals surface area (Å²) in [5.41, 5.74) is -0.192. The molecule has 37 heavy (non-hydrogen) atoms. The van der Waals surface area contributed by atoms with Gasteiger partial charge in [0, 0.05) is 17.8 Å².